The minimum Gasteiger partial charge on any atom is -0.462 e. The maximum absolute atomic E-state index is 13.1. The van der Waals surface area contributed by atoms with Gasteiger partial charge in [0.15, 0.2) is 12.2 Å². The van der Waals surface area contributed by atoms with Crippen LogP contribution in [0.1, 0.15) is 407 Å². The summed E-state index contributed by atoms with van der Waals surface area (Å²) in [6, 6.07) is 0. The van der Waals surface area contributed by atoms with Crippen LogP contribution in [0.2, 0.25) is 0 Å². The van der Waals surface area contributed by atoms with Gasteiger partial charge in [-0.2, -0.15) is 0 Å². The van der Waals surface area contributed by atoms with E-state index in [0.29, 0.717) is 25.7 Å². The zero-order valence-corrected chi connectivity index (χ0v) is 64.3. The quantitative estimate of drug-likeness (QED) is 0.0222. The fraction of sp³-hybridized carbons (Fsp3) is 0.948. The third-order valence-electron chi connectivity index (χ3n) is 18.0. The second kappa shape index (κ2) is 70.1. The van der Waals surface area contributed by atoms with Crippen LogP contribution in [-0.4, -0.2) is 96.7 Å². The summed E-state index contributed by atoms with van der Waals surface area (Å²) in [6.45, 7) is 7.28. The van der Waals surface area contributed by atoms with Gasteiger partial charge in [-0.25, -0.2) is 9.13 Å². The van der Waals surface area contributed by atoms with E-state index >= 15 is 0 Å². The predicted molar refractivity (Wildman–Crippen MR) is 391 cm³/mol. The first-order chi connectivity index (χ1) is 46.5. The molecule has 0 aromatic heterocycles. The number of phosphoric acid groups is 2. The largest absolute Gasteiger partial charge is 0.472 e. The molecule has 96 heavy (non-hydrogen) atoms. The van der Waals surface area contributed by atoms with E-state index in [4.69, 9.17) is 37.0 Å². The van der Waals surface area contributed by atoms with Gasteiger partial charge in [0.05, 0.1) is 26.4 Å². The first-order valence-corrected chi connectivity index (χ1v) is 43.1. The van der Waals surface area contributed by atoms with Gasteiger partial charge in [-0.3, -0.25) is 37.3 Å². The fourth-order valence-corrected chi connectivity index (χ4v) is 13.5. The van der Waals surface area contributed by atoms with E-state index < -0.39 is 97.5 Å². The van der Waals surface area contributed by atoms with Crippen molar-refractivity contribution in [1.29, 1.82) is 0 Å². The molecule has 0 radical (unpaired) electrons. The minimum atomic E-state index is -4.96. The molecular weight excluding hydrogens is 1260 g/mol. The number of phosphoric ester groups is 2. The summed E-state index contributed by atoms with van der Waals surface area (Å²) in [5.74, 6) is -1.35. The fourth-order valence-electron chi connectivity index (χ4n) is 11.9. The van der Waals surface area contributed by atoms with Gasteiger partial charge in [0.2, 0.25) is 0 Å². The van der Waals surface area contributed by atoms with Gasteiger partial charge in [0.1, 0.15) is 19.3 Å². The second-order valence-corrected chi connectivity index (χ2v) is 31.1. The SMILES string of the molecule is CCCCCCCCCCCCCCCCCCCCCCCC(=O)O[C@H](COC(=O)CCCCCCCCCCCCC(C)C)COP(=O)(O)OC[C@@H](O)COP(=O)(O)OC[C@@H](COC(=O)CCCCCCCCCCCCC)OC(=O)CCCCCCCCCCCCC. The van der Waals surface area contributed by atoms with E-state index in [1.807, 2.05) is 0 Å². The molecule has 2 unspecified atom stereocenters. The lowest BCUT2D eigenvalue weighted by Gasteiger charge is -2.21. The molecule has 0 aliphatic heterocycles. The molecule has 17 nitrogen and oxygen atoms in total. The number of esters is 4. The van der Waals surface area contributed by atoms with Gasteiger partial charge in [-0.1, -0.05) is 356 Å². The molecule has 0 amide bonds. The van der Waals surface area contributed by atoms with Gasteiger partial charge in [0, 0.05) is 25.7 Å². The van der Waals surface area contributed by atoms with E-state index in [1.165, 1.54) is 231 Å². The predicted octanol–water partition coefficient (Wildman–Crippen LogP) is 22.9. The second-order valence-electron chi connectivity index (χ2n) is 28.2. The molecule has 0 bridgehead atoms. The maximum Gasteiger partial charge on any atom is 0.472 e. The van der Waals surface area contributed by atoms with Gasteiger partial charge in [0.25, 0.3) is 0 Å². The number of unbranched alkanes of at least 4 members (excludes halogenated alkanes) is 49. The highest BCUT2D eigenvalue weighted by Gasteiger charge is 2.30. The van der Waals surface area contributed by atoms with Crippen LogP contribution in [0.3, 0.4) is 0 Å². The zero-order chi connectivity index (χ0) is 70.5. The zero-order valence-electron chi connectivity index (χ0n) is 62.5. The van der Waals surface area contributed by atoms with Crippen molar-refractivity contribution in [2.45, 2.75) is 425 Å². The Morgan fingerprint density at radius 1 is 0.281 bits per heavy atom. The van der Waals surface area contributed by atoms with E-state index in [9.17, 15) is 43.2 Å². The molecule has 0 heterocycles. The smallest absolute Gasteiger partial charge is 0.462 e. The number of carbonyl (C=O) groups is 4. The Morgan fingerprint density at radius 3 is 0.708 bits per heavy atom. The number of hydrogen-bond donors (Lipinski definition) is 3. The third-order valence-corrected chi connectivity index (χ3v) is 19.9. The van der Waals surface area contributed by atoms with Crippen molar-refractivity contribution < 1.29 is 80.2 Å². The first-order valence-electron chi connectivity index (χ1n) is 40.1. The van der Waals surface area contributed by atoms with E-state index in [0.717, 1.165) is 95.8 Å². The minimum absolute atomic E-state index is 0.107. The normalized spacial score (nSPS) is 13.9. The molecule has 3 N–H and O–H groups in total. The van der Waals surface area contributed by atoms with Crippen LogP contribution >= 0.6 is 15.6 Å². The van der Waals surface area contributed by atoms with E-state index in [2.05, 4.69) is 34.6 Å². The van der Waals surface area contributed by atoms with E-state index in [1.54, 1.807) is 0 Å². The van der Waals surface area contributed by atoms with Crippen LogP contribution in [0.15, 0.2) is 0 Å². The summed E-state index contributed by atoms with van der Waals surface area (Å²) in [4.78, 5) is 72.8. The number of carbonyl (C=O) groups excluding carboxylic acids is 4. The molecule has 0 rings (SSSR count). The molecule has 0 fully saturated rings. The number of rotatable bonds is 77. The van der Waals surface area contributed by atoms with Crippen molar-refractivity contribution >= 4 is 39.5 Å². The van der Waals surface area contributed by atoms with Crippen molar-refractivity contribution in [3.63, 3.8) is 0 Å². The van der Waals surface area contributed by atoms with Crippen molar-refractivity contribution in [3.8, 4) is 0 Å². The number of aliphatic hydroxyl groups is 1. The van der Waals surface area contributed by atoms with Crippen molar-refractivity contribution in [2.24, 2.45) is 5.92 Å². The summed E-state index contributed by atoms with van der Waals surface area (Å²) in [5, 5.41) is 10.6. The van der Waals surface area contributed by atoms with Crippen LogP contribution in [0.5, 0.6) is 0 Å². The van der Waals surface area contributed by atoms with Crippen molar-refractivity contribution in [3.05, 3.63) is 0 Å². The molecule has 0 aromatic rings. The van der Waals surface area contributed by atoms with E-state index in [-0.39, 0.29) is 25.7 Å². The molecule has 0 aromatic carbocycles. The Kier molecular flexibility index (Phi) is 68.7. The van der Waals surface area contributed by atoms with Gasteiger partial charge in [-0.15, -0.1) is 0 Å². The Hall–Kier alpha value is -1.94. The average molecular weight is 1410 g/mol. The molecule has 0 spiro atoms. The topological polar surface area (TPSA) is 237 Å². The first kappa shape index (κ1) is 94.1. The average Bonchev–Trinajstić information content (AvgIpc) is 1.55. The molecule has 0 saturated heterocycles. The molecule has 570 valence electrons. The summed E-state index contributed by atoms with van der Waals surface area (Å²) in [5.41, 5.74) is 0. The van der Waals surface area contributed by atoms with Gasteiger partial charge in [-0.05, 0) is 31.6 Å². The molecule has 19 heteroatoms. The Bertz CT molecular complexity index is 1840. The Balaban J connectivity index is 5.19. The lowest BCUT2D eigenvalue weighted by molar-refractivity contribution is -0.161. The van der Waals surface area contributed by atoms with Gasteiger partial charge < -0.3 is 33.8 Å². The lowest BCUT2D eigenvalue weighted by Crippen LogP contribution is -2.30. The maximum atomic E-state index is 13.1. The summed E-state index contributed by atoms with van der Waals surface area (Å²) < 4.78 is 68.5. The van der Waals surface area contributed by atoms with Crippen LogP contribution in [0.4, 0.5) is 0 Å². The Labute approximate surface area is 588 Å². The summed E-state index contributed by atoms with van der Waals surface area (Å²) in [6.07, 6.45) is 59.7. The lowest BCUT2D eigenvalue weighted by atomic mass is 10.0. The molecular formula is C77H150O17P2. The van der Waals surface area contributed by atoms with Crippen LogP contribution in [-0.2, 0) is 65.4 Å². The van der Waals surface area contributed by atoms with Crippen molar-refractivity contribution in [1.82, 2.24) is 0 Å². The third kappa shape index (κ3) is 70.5. The molecule has 0 saturated carbocycles. The standard InChI is InChI=1S/C77H150O17P2/c1-6-9-12-15-18-21-24-25-26-27-28-29-30-31-32-33-36-43-48-53-58-63-77(82)94-73(67-88-75(80)61-56-51-46-41-38-37-39-44-49-54-59-70(4)5)69-92-96(85,86)90-65-71(78)64-89-95(83,84)91-68-72(93-76(81)62-57-52-47-42-35-23-20-17-14-11-8-3)66-87-74(79)60-55-50-45-40-34-22-19-16-13-10-7-2/h70-73,78H,6-69H2,1-5H3,(H,83,84)(H,85,86)/t71-,72+,73+/m0/s1. The van der Waals surface area contributed by atoms with Gasteiger partial charge >= 0.3 is 39.5 Å². The number of aliphatic hydroxyl groups excluding tert-OH is 1. The monoisotopic (exact) mass is 1410 g/mol. The highest BCUT2D eigenvalue weighted by molar-refractivity contribution is 7.47. The van der Waals surface area contributed by atoms with Crippen LogP contribution in [0.25, 0.3) is 0 Å². The number of hydrogen-bond acceptors (Lipinski definition) is 15. The molecule has 5 atom stereocenters. The van der Waals surface area contributed by atoms with Crippen molar-refractivity contribution in [2.75, 3.05) is 39.6 Å². The Morgan fingerprint density at radius 2 is 0.479 bits per heavy atom. The van der Waals surface area contributed by atoms with Crippen LogP contribution < -0.4 is 0 Å². The number of ether oxygens (including phenoxy) is 4. The highest BCUT2D eigenvalue weighted by Crippen LogP contribution is 2.45. The summed E-state index contributed by atoms with van der Waals surface area (Å²) >= 11 is 0. The van der Waals surface area contributed by atoms with Crippen LogP contribution in [0, 0.1) is 5.92 Å². The highest BCUT2D eigenvalue weighted by atomic mass is 31.2. The summed E-state index contributed by atoms with van der Waals surface area (Å²) in [7, 11) is -9.91. The molecule has 0 aliphatic carbocycles. The molecule has 0 aliphatic rings.